The molecule has 2 unspecified atom stereocenters. The Kier molecular flexibility index (Phi) is 7.18. The first-order valence-corrected chi connectivity index (χ1v) is 10.3. The third kappa shape index (κ3) is 4.86. The highest BCUT2D eigenvalue weighted by Crippen LogP contribution is 2.33. The van der Waals surface area contributed by atoms with Crippen LogP contribution < -0.4 is 16.6 Å². The summed E-state index contributed by atoms with van der Waals surface area (Å²) in [5, 5.41) is 2.71. The van der Waals surface area contributed by atoms with Gasteiger partial charge in [0.05, 0.1) is 5.56 Å². The number of benzene rings is 1. The van der Waals surface area contributed by atoms with E-state index in [1.807, 2.05) is 13.1 Å². The molecule has 2 heterocycles. The van der Waals surface area contributed by atoms with Gasteiger partial charge in [0.15, 0.2) is 11.2 Å². The molecule has 0 aliphatic heterocycles. The number of hydrogen-bond acceptors (Lipinski definition) is 6. The zero-order valence-electron chi connectivity index (χ0n) is 16.5. The molecule has 1 saturated carbocycles. The van der Waals surface area contributed by atoms with Crippen LogP contribution in [0.4, 0.5) is 0 Å². The van der Waals surface area contributed by atoms with Crippen LogP contribution in [0.5, 0.6) is 0 Å². The lowest BCUT2D eigenvalue weighted by atomic mass is 9.89. The van der Waals surface area contributed by atoms with Crippen LogP contribution in [0.1, 0.15) is 36.0 Å². The smallest absolute Gasteiger partial charge is 0.336 e. The quantitative estimate of drug-likeness (QED) is 0.693. The minimum Gasteiger partial charge on any atom is -0.422 e. The Morgan fingerprint density at radius 1 is 1.20 bits per heavy atom. The van der Waals surface area contributed by atoms with Gasteiger partial charge in [0.1, 0.15) is 10.0 Å². The molecule has 7 nitrogen and oxygen atoms in total. The van der Waals surface area contributed by atoms with Crippen molar-refractivity contribution < 1.29 is 13.6 Å². The van der Waals surface area contributed by atoms with E-state index in [0.717, 1.165) is 37.8 Å². The zero-order chi connectivity index (χ0) is 21.8. The van der Waals surface area contributed by atoms with Crippen molar-refractivity contribution in [3.8, 4) is 0 Å². The standard InChI is InChI=1S/C21H22Cl2N2O5/c1-3-10-25(2)14-7-5-4-6-13(14)24-21(28)12-11-15-18(22)19(23)20(12)30-17(27)9-8-16(26)29-15/h3,8-9,11,13-14H,1,4-7,10H2,2H3,(H,24,28). The molecule has 0 saturated heterocycles. The third-order valence-electron chi connectivity index (χ3n) is 5.17. The number of hydrogen-bond donors (Lipinski definition) is 1. The van der Waals surface area contributed by atoms with Gasteiger partial charge in [-0.1, -0.05) is 42.1 Å². The van der Waals surface area contributed by atoms with Crippen LogP contribution >= 0.6 is 23.2 Å². The van der Waals surface area contributed by atoms with E-state index in [4.69, 9.17) is 32.0 Å². The first-order chi connectivity index (χ1) is 14.3. The molecule has 1 fully saturated rings. The summed E-state index contributed by atoms with van der Waals surface area (Å²) in [6, 6.07) is 3.08. The Balaban J connectivity index is 2.07. The fourth-order valence-electron chi connectivity index (χ4n) is 3.73. The van der Waals surface area contributed by atoms with Crippen LogP contribution in [-0.2, 0) is 0 Å². The van der Waals surface area contributed by atoms with E-state index < -0.39 is 17.2 Å². The van der Waals surface area contributed by atoms with E-state index in [9.17, 15) is 14.4 Å². The second-order valence-corrected chi connectivity index (χ2v) is 7.97. The number of halogens is 2. The summed E-state index contributed by atoms with van der Waals surface area (Å²) < 4.78 is 10.4. The third-order valence-corrected chi connectivity index (χ3v) is 6.00. The van der Waals surface area contributed by atoms with Crippen LogP contribution in [0.15, 0.2) is 49.3 Å². The largest absolute Gasteiger partial charge is 0.422 e. The van der Waals surface area contributed by atoms with Crippen LogP contribution in [0, 0.1) is 0 Å². The van der Waals surface area contributed by atoms with Crippen LogP contribution in [-0.4, -0.2) is 36.5 Å². The molecule has 1 aliphatic carbocycles. The van der Waals surface area contributed by atoms with Crippen molar-refractivity contribution in [1.29, 1.82) is 0 Å². The molecular weight excluding hydrogens is 431 g/mol. The lowest BCUT2D eigenvalue weighted by Crippen LogP contribution is -2.52. The maximum atomic E-state index is 13.2. The van der Waals surface area contributed by atoms with E-state index in [-0.39, 0.29) is 38.9 Å². The molecule has 160 valence electrons. The van der Waals surface area contributed by atoms with Crippen molar-refractivity contribution in [3.05, 3.63) is 67.3 Å². The normalized spacial score (nSPS) is 18.9. The summed E-state index contributed by atoms with van der Waals surface area (Å²) in [7, 11) is 1.99. The Labute approximate surface area is 182 Å². The first-order valence-electron chi connectivity index (χ1n) is 9.57. The highest BCUT2D eigenvalue weighted by molar-refractivity contribution is 6.46. The first kappa shape index (κ1) is 22.3. The van der Waals surface area contributed by atoms with Gasteiger partial charge in [-0.25, -0.2) is 9.59 Å². The predicted molar refractivity (Wildman–Crippen MR) is 116 cm³/mol. The number of carbonyl (C=O) groups excluding carboxylic acids is 1. The SMILES string of the molecule is C=CCN(C)C1CCCCC1NC(=O)c1cc2oc(=O)ccc(=O)oc1c(Cl)c2Cl. The van der Waals surface area contributed by atoms with Gasteiger partial charge in [0.2, 0.25) is 0 Å². The van der Waals surface area contributed by atoms with Crippen molar-refractivity contribution in [2.45, 2.75) is 37.8 Å². The van der Waals surface area contributed by atoms with E-state index in [0.29, 0.717) is 6.54 Å². The Hall–Kier alpha value is -2.35. The summed E-state index contributed by atoms with van der Waals surface area (Å²) in [5.41, 5.74) is -2.03. The summed E-state index contributed by atoms with van der Waals surface area (Å²) in [6.07, 6.45) is 5.61. The van der Waals surface area contributed by atoms with Crippen molar-refractivity contribution in [3.63, 3.8) is 0 Å². The highest BCUT2D eigenvalue weighted by atomic mass is 35.5. The van der Waals surface area contributed by atoms with E-state index in [1.165, 1.54) is 6.07 Å². The fraction of sp³-hybridized carbons (Fsp3) is 0.381. The topological polar surface area (TPSA) is 92.8 Å². The molecule has 30 heavy (non-hydrogen) atoms. The van der Waals surface area contributed by atoms with Crippen molar-refractivity contribution in [1.82, 2.24) is 10.2 Å². The van der Waals surface area contributed by atoms with Crippen molar-refractivity contribution in [2.24, 2.45) is 0 Å². The average Bonchev–Trinajstić information content (AvgIpc) is 2.72. The molecule has 0 spiro atoms. The highest BCUT2D eigenvalue weighted by Gasteiger charge is 2.30. The number of fused-ring (bicyclic) bond motifs is 7. The van der Waals surface area contributed by atoms with Gasteiger partial charge in [-0.3, -0.25) is 9.69 Å². The molecule has 2 atom stereocenters. The number of amides is 1. The molecule has 2 bridgehead atoms. The summed E-state index contributed by atoms with van der Waals surface area (Å²) >= 11 is 12.4. The van der Waals surface area contributed by atoms with E-state index in [1.54, 1.807) is 0 Å². The Morgan fingerprint density at radius 2 is 1.87 bits per heavy atom. The number of carbonyl (C=O) groups is 1. The lowest BCUT2D eigenvalue weighted by molar-refractivity contribution is 0.0874. The van der Waals surface area contributed by atoms with Gasteiger partial charge in [-0.05, 0) is 26.0 Å². The van der Waals surface area contributed by atoms with Gasteiger partial charge in [0.25, 0.3) is 5.91 Å². The molecular formula is C21H22Cl2N2O5. The van der Waals surface area contributed by atoms with Gasteiger partial charge in [-0.15, -0.1) is 6.58 Å². The van der Waals surface area contributed by atoms with Crippen LogP contribution in [0.2, 0.25) is 10.0 Å². The number of rotatable bonds is 5. The monoisotopic (exact) mass is 452 g/mol. The molecule has 1 N–H and O–H groups in total. The molecule has 1 aliphatic rings. The predicted octanol–water partition coefficient (Wildman–Crippen LogP) is 3.77. The molecule has 9 heteroatoms. The average molecular weight is 453 g/mol. The van der Waals surface area contributed by atoms with Gasteiger partial charge in [0, 0.05) is 30.8 Å². The minimum absolute atomic E-state index is 0.0356. The Morgan fingerprint density at radius 3 is 2.57 bits per heavy atom. The van der Waals surface area contributed by atoms with Crippen LogP contribution in [0.3, 0.4) is 0 Å². The molecule has 0 radical (unpaired) electrons. The Bertz CT molecular complexity index is 1110. The number of nitrogens with zero attached hydrogens (tertiary/aromatic N) is 1. The maximum absolute atomic E-state index is 13.2. The van der Waals surface area contributed by atoms with Crippen LogP contribution in [0.25, 0.3) is 11.2 Å². The second kappa shape index (κ2) is 9.64. The lowest BCUT2D eigenvalue weighted by Gasteiger charge is -2.38. The minimum atomic E-state index is -0.880. The number of likely N-dealkylation sites (N-methyl/N-ethyl adjacent to an activating group) is 1. The molecule has 2 aromatic heterocycles. The van der Waals surface area contributed by atoms with E-state index >= 15 is 0 Å². The van der Waals surface area contributed by atoms with Crippen molar-refractivity contribution >= 4 is 40.3 Å². The molecule has 3 aromatic rings. The maximum Gasteiger partial charge on any atom is 0.336 e. The molecule has 4 rings (SSSR count). The zero-order valence-corrected chi connectivity index (χ0v) is 18.0. The molecule has 1 amide bonds. The second-order valence-electron chi connectivity index (χ2n) is 7.21. The molecule has 1 aromatic carbocycles. The van der Waals surface area contributed by atoms with E-state index in [2.05, 4.69) is 16.8 Å². The fourth-order valence-corrected chi connectivity index (χ4v) is 4.15. The van der Waals surface area contributed by atoms with Crippen molar-refractivity contribution in [2.75, 3.05) is 13.6 Å². The van der Waals surface area contributed by atoms with Gasteiger partial charge < -0.3 is 14.2 Å². The summed E-state index contributed by atoms with van der Waals surface area (Å²) in [6.45, 7) is 4.47. The number of nitrogens with one attached hydrogen (secondary N) is 1. The van der Waals surface area contributed by atoms with Gasteiger partial charge >= 0.3 is 11.3 Å². The summed E-state index contributed by atoms with van der Waals surface area (Å²) in [4.78, 5) is 39.2. The van der Waals surface area contributed by atoms with Gasteiger partial charge in [-0.2, -0.15) is 0 Å². The summed E-state index contributed by atoms with van der Waals surface area (Å²) in [5.74, 6) is -0.498.